The molecule has 0 saturated heterocycles. The Balaban J connectivity index is 1.86. The van der Waals surface area contributed by atoms with Gasteiger partial charge in [-0.15, -0.1) is 11.3 Å². The molecule has 0 radical (unpaired) electrons. The summed E-state index contributed by atoms with van der Waals surface area (Å²) in [6.07, 6.45) is 0. The van der Waals surface area contributed by atoms with Crippen LogP contribution in [0.4, 0.5) is 4.79 Å². The van der Waals surface area contributed by atoms with Crippen LogP contribution in [0.15, 0.2) is 54.6 Å². The SMILES string of the molecule is C[NH+](Cc1nc2ccccc2s1)[C@H](C(=O)NC(N)=O)c1ccccc1. The molecule has 3 aromatic rings. The van der Waals surface area contributed by atoms with Gasteiger partial charge < -0.3 is 10.6 Å². The maximum absolute atomic E-state index is 12.5. The summed E-state index contributed by atoms with van der Waals surface area (Å²) in [5.74, 6) is -0.419. The molecule has 0 aliphatic carbocycles. The number of nitrogens with two attached hydrogens (primary N) is 1. The molecule has 0 saturated carbocycles. The summed E-state index contributed by atoms with van der Waals surface area (Å²) in [5.41, 5.74) is 6.89. The van der Waals surface area contributed by atoms with Gasteiger partial charge in [0.15, 0.2) is 6.04 Å². The van der Waals surface area contributed by atoms with Crippen LogP contribution in [0.2, 0.25) is 0 Å². The third-order valence-corrected chi connectivity index (χ3v) is 4.94. The molecule has 1 aromatic heterocycles. The van der Waals surface area contributed by atoms with Crippen molar-refractivity contribution in [3.63, 3.8) is 0 Å². The van der Waals surface area contributed by atoms with E-state index in [9.17, 15) is 9.59 Å². The first kappa shape index (κ1) is 17.1. The number of nitrogens with one attached hydrogen (secondary N) is 2. The summed E-state index contributed by atoms with van der Waals surface area (Å²) < 4.78 is 1.11. The van der Waals surface area contributed by atoms with Gasteiger partial charge in [-0.2, -0.15) is 0 Å². The fourth-order valence-corrected chi connectivity index (χ4v) is 3.90. The average Bonchev–Trinajstić information content (AvgIpc) is 2.97. The summed E-state index contributed by atoms with van der Waals surface area (Å²) >= 11 is 1.61. The number of hydrogen-bond acceptors (Lipinski definition) is 4. The highest BCUT2D eigenvalue weighted by atomic mass is 32.1. The van der Waals surface area contributed by atoms with Gasteiger partial charge in [-0.25, -0.2) is 9.78 Å². The second kappa shape index (κ2) is 7.42. The molecule has 4 N–H and O–H groups in total. The maximum Gasteiger partial charge on any atom is 0.319 e. The number of carbonyl (C=O) groups is 2. The van der Waals surface area contributed by atoms with E-state index in [4.69, 9.17) is 5.73 Å². The van der Waals surface area contributed by atoms with Crippen molar-refractivity contribution < 1.29 is 14.5 Å². The number of para-hydroxylation sites is 1. The molecule has 6 nitrogen and oxygen atoms in total. The Kier molecular flexibility index (Phi) is 5.06. The van der Waals surface area contributed by atoms with E-state index in [1.807, 2.05) is 61.6 Å². The minimum absolute atomic E-state index is 0.419. The lowest BCUT2D eigenvalue weighted by Crippen LogP contribution is -3.09. The zero-order chi connectivity index (χ0) is 17.8. The van der Waals surface area contributed by atoms with Crippen LogP contribution in [0.25, 0.3) is 10.2 Å². The fourth-order valence-electron chi connectivity index (χ4n) is 2.83. The molecule has 0 fully saturated rings. The number of quaternary nitrogens is 1. The van der Waals surface area contributed by atoms with E-state index in [-0.39, 0.29) is 0 Å². The second-order valence-corrected chi connectivity index (χ2v) is 6.91. The van der Waals surface area contributed by atoms with Crippen LogP contribution >= 0.6 is 11.3 Å². The Bertz CT molecular complexity index is 861. The molecule has 2 atom stereocenters. The monoisotopic (exact) mass is 355 g/mol. The lowest BCUT2D eigenvalue weighted by Gasteiger charge is -2.23. The van der Waals surface area contributed by atoms with Crippen molar-refractivity contribution in [2.75, 3.05) is 7.05 Å². The summed E-state index contributed by atoms with van der Waals surface area (Å²) in [7, 11) is 1.91. The number of likely N-dealkylation sites (N-methyl/N-ethyl adjacent to an activating group) is 1. The summed E-state index contributed by atoms with van der Waals surface area (Å²) in [5, 5.41) is 3.13. The van der Waals surface area contributed by atoms with Crippen molar-refractivity contribution in [3.8, 4) is 0 Å². The van der Waals surface area contributed by atoms with Gasteiger partial charge in [0.25, 0.3) is 5.91 Å². The van der Waals surface area contributed by atoms with Gasteiger partial charge in [0.2, 0.25) is 0 Å². The quantitative estimate of drug-likeness (QED) is 0.643. The van der Waals surface area contributed by atoms with E-state index >= 15 is 0 Å². The Morgan fingerprint density at radius 1 is 1.16 bits per heavy atom. The number of benzene rings is 2. The molecule has 128 valence electrons. The zero-order valence-electron chi connectivity index (χ0n) is 13.7. The number of thiazole rings is 1. The number of imide groups is 1. The Hall–Kier alpha value is -2.77. The fraction of sp³-hybridized carbons (Fsp3) is 0.167. The van der Waals surface area contributed by atoms with E-state index in [2.05, 4.69) is 10.3 Å². The summed E-state index contributed by atoms with van der Waals surface area (Å²) in [4.78, 5) is 29.2. The molecule has 0 aliphatic heterocycles. The topological polar surface area (TPSA) is 89.5 Å². The van der Waals surface area contributed by atoms with Crippen LogP contribution in [0, 0.1) is 0 Å². The second-order valence-electron chi connectivity index (χ2n) is 5.80. The van der Waals surface area contributed by atoms with Gasteiger partial charge in [0, 0.05) is 5.56 Å². The highest BCUT2D eigenvalue weighted by molar-refractivity contribution is 7.18. The molecule has 0 aliphatic rings. The first-order valence-corrected chi connectivity index (χ1v) is 8.68. The molecule has 1 unspecified atom stereocenters. The number of rotatable bonds is 5. The summed E-state index contributed by atoms with van der Waals surface area (Å²) in [6, 6.07) is 15.9. The van der Waals surface area contributed by atoms with E-state index in [1.54, 1.807) is 11.3 Å². The van der Waals surface area contributed by atoms with Crippen LogP contribution in [0.5, 0.6) is 0 Å². The van der Waals surface area contributed by atoms with Crippen LogP contribution in [0.1, 0.15) is 16.6 Å². The van der Waals surface area contributed by atoms with Gasteiger partial charge in [-0.05, 0) is 12.1 Å². The van der Waals surface area contributed by atoms with E-state index in [0.29, 0.717) is 6.54 Å². The first-order valence-electron chi connectivity index (χ1n) is 7.86. The Morgan fingerprint density at radius 3 is 2.52 bits per heavy atom. The van der Waals surface area contributed by atoms with Crippen LogP contribution < -0.4 is 16.0 Å². The van der Waals surface area contributed by atoms with Crippen LogP contribution in [-0.2, 0) is 11.3 Å². The largest absolute Gasteiger partial charge is 0.351 e. The number of fused-ring (bicyclic) bond motifs is 1. The van der Waals surface area contributed by atoms with Crippen molar-refractivity contribution in [2.45, 2.75) is 12.6 Å². The number of primary amides is 1. The maximum atomic E-state index is 12.5. The molecule has 0 bridgehead atoms. The third-order valence-electron chi connectivity index (χ3n) is 3.90. The average molecular weight is 355 g/mol. The molecule has 25 heavy (non-hydrogen) atoms. The van der Waals surface area contributed by atoms with Gasteiger partial charge >= 0.3 is 6.03 Å². The lowest BCUT2D eigenvalue weighted by molar-refractivity contribution is -0.916. The van der Waals surface area contributed by atoms with Crippen molar-refractivity contribution >= 4 is 33.5 Å². The molecule has 1 heterocycles. The summed E-state index contributed by atoms with van der Waals surface area (Å²) in [6.45, 7) is 0.561. The van der Waals surface area contributed by atoms with Crippen LogP contribution in [0.3, 0.4) is 0 Å². The predicted molar refractivity (Wildman–Crippen MR) is 97.1 cm³/mol. The van der Waals surface area contributed by atoms with Gasteiger partial charge in [-0.1, -0.05) is 42.5 Å². The van der Waals surface area contributed by atoms with Gasteiger partial charge in [0.05, 0.1) is 17.3 Å². The Morgan fingerprint density at radius 2 is 1.84 bits per heavy atom. The number of amides is 3. The highest BCUT2D eigenvalue weighted by Crippen LogP contribution is 2.21. The van der Waals surface area contributed by atoms with E-state index < -0.39 is 18.0 Å². The number of nitrogens with zero attached hydrogens (tertiary/aromatic N) is 1. The van der Waals surface area contributed by atoms with Crippen molar-refractivity contribution in [1.82, 2.24) is 10.3 Å². The van der Waals surface area contributed by atoms with Gasteiger partial charge in [-0.3, -0.25) is 10.1 Å². The molecule has 3 rings (SSSR count). The molecule has 2 aromatic carbocycles. The predicted octanol–water partition coefficient (Wildman–Crippen LogP) is 1.25. The molecule has 7 heteroatoms. The molecular formula is C18H19N4O2S+. The normalized spacial score (nSPS) is 13.3. The molecule has 0 spiro atoms. The highest BCUT2D eigenvalue weighted by Gasteiger charge is 2.30. The number of urea groups is 1. The number of carbonyl (C=O) groups excluding carboxylic acids is 2. The van der Waals surface area contributed by atoms with E-state index in [0.717, 1.165) is 25.7 Å². The standard InChI is InChI=1S/C18H18N4O2S/c1-22(11-15-20-13-9-5-6-10-14(13)25-15)16(17(23)21-18(19)24)12-7-3-2-4-8-12/h2-10,16H,11H2,1H3,(H3,19,21,23,24)/p+1/t16-/m0/s1. The third kappa shape index (κ3) is 4.01. The van der Waals surface area contributed by atoms with Crippen molar-refractivity contribution in [2.24, 2.45) is 5.73 Å². The minimum atomic E-state index is -0.848. The molecular weight excluding hydrogens is 336 g/mol. The van der Waals surface area contributed by atoms with Crippen LogP contribution in [-0.4, -0.2) is 24.0 Å². The van der Waals surface area contributed by atoms with Crippen molar-refractivity contribution in [3.05, 3.63) is 65.2 Å². The first-order chi connectivity index (χ1) is 12.0. The number of hydrogen-bond donors (Lipinski definition) is 3. The minimum Gasteiger partial charge on any atom is -0.351 e. The Labute approximate surface area is 149 Å². The smallest absolute Gasteiger partial charge is 0.319 e. The van der Waals surface area contributed by atoms with Crippen molar-refractivity contribution in [1.29, 1.82) is 0 Å². The van der Waals surface area contributed by atoms with Gasteiger partial charge in [0.1, 0.15) is 11.6 Å². The zero-order valence-corrected chi connectivity index (χ0v) is 14.5. The van der Waals surface area contributed by atoms with E-state index in [1.165, 1.54) is 0 Å². The molecule has 3 amide bonds. The number of aromatic nitrogens is 1. The lowest BCUT2D eigenvalue weighted by atomic mass is 10.0.